The third-order valence-corrected chi connectivity index (χ3v) is 6.56. The highest BCUT2D eigenvalue weighted by molar-refractivity contribution is 8.01. The fourth-order valence-electron chi connectivity index (χ4n) is 4.01. The fraction of sp³-hybridized carbons (Fsp3) is 0.938. The zero-order valence-corrected chi connectivity index (χ0v) is 15.6. The third-order valence-electron chi connectivity index (χ3n) is 5.23. The van der Waals surface area contributed by atoms with Crippen LogP contribution in [0.4, 0.5) is 0 Å². The minimum atomic E-state index is -0.120. The Hall–Kier alpha value is -0.380. The van der Waals surface area contributed by atoms with Crippen molar-refractivity contribution in [1.82, 2.24) is 26.2 Å². The van der Waals surface area contributed by atoms with Crippen molar-refractivity contribution < 1.29 is 4.79 Å². The molecule has 0 spiro atoms. The molecule has 3 heterocycles. The van der Waals surface area contributed by atoms with Gasteiger partial charge in [-0.25, -0.2) is 10.4 Å². The van der Waals surface area contributed by atoms with Crippen molar-refractivity contribution in [3.8, 4) is 0 Å². The molecular weight excluding hydrogens is 324 g/mol. The van der Waals surface area contributed by atoms with Gasteiger partial charge in [0.15, 0.2) is 0 Å². The van der Waals surface area contributed by atoms with E-state index >= 15 is 0 Å². The SMILES string of the molecule is CCCC1CN(CC2CCCN(C(=O)C3SC(N)NC3C)C2)NN1. The van der Waals surface area contributed by atoms with Gasteiger partial charge in [0.25, 0.3) is 0 Å². The van der Waals surface area contributed by atoms with E-state index in [1.54, 1.807) is 11.8 Å². The number of hydrazine groups is 2. The number of likely N-dealkylation sites (tertiary alicyclic amines) is 1. The lowest BCUT2D eigenvalue weighted by Crippen LogP contribution is -2.50. The highest BCUT2D eigenvalue weighted by Crippen LogP contribution is 2.28. The van der Waals surface area contributed by atoms with Gasteiger partial charge in [-0.1, -0.05) is 13.3 Å². The first-order valence-electron chi connectivity index (χ1n) is 9.28. The van der Waals surface area contributed by atoms with Gasteiger partial charge in [-0.15, -0.1) is 11.8 Å². The molecule has 3 rings (SSSR count). The molecular formula is C16H32N6OS. The Morgan fingerprint density at radius 1 is 1.38 bits per heavy atom. The van der Waals surface area contributed by atoms with Gasteiger partial charge in [0.05, 0.1) is 0 Å². The molecule has 5 atom stereocenters. The molecule has 0 aromatic rings. The number of carbonyl (C=O) groups is 1. The van der Waals surface area contributed by atoms with Gasteiger partial charge in [-0.2, -0.15) is 5.53 Å². The van der Waals surface area contributed by atoms with Crippen LogP contribution < -0.4 is 22.0 Å². The molecule has 0 aromatic carbocycles. The van der Waals surface area contributed by atoms with E-state index in [2.05, 4.69) is 40.0 Å². The third kappa shape index (κ3) is 4.42. The zero-order chi connectivity index (χ0) is 17.1. The minimum Gasteiger partial charge on any atom is -0.341 e. The standard InChI is InChI=1S/C16H32N6OS/c1-3-5-13-10-22(20-19-13)9-12-6-4-7-21(8-12)15(23)14-11(2)18-16(17)24-14/h11-14,16,18-20H,3-10,17H2,1-2H3. The summed E-state index contributed by atoms with van der Waals surface area (Å²) in [7, 11) is 0. The molecule has 5 N–H and O–H groups in total. The summed E-state index contributed by atoms with van der Waals surface area (Å²) in [6.45, 7) is 8.08. The minimum absolute atomic E-state index is 0.0423. The van der Waals surface area contributed by atoms with E-state index in [4.69, 9.17) is 5.73 Å². The second-order valence-electron chi connectivity index (χ2n) is 7.37. The van der Waals surface area contributed by atoms with Crippen LogP contribution >= 0.6 is 11.8 Å². The number of nitrogens with one attached hydrogen (secondary N) is 3. The summed E-state index contributed by atoms with van der Waals surface area (Å²) in [5.74, 6) is 0.801. The van der Waals surface area contributed by atoms with Gasteiger partial charge in [0, 0.05) is 38.3 Å². The topological polar surface area (TPSA) is 85.7 Å². The van der Waals surface area contributed by atoms with E-state index < -0.39 is 0 Å². The molecule has 0 bridgehead atoms. The van der Waals surface area contributed by atoms with Crippen molar-refractivity contribution >= 4 is 17.7 Å². The van der Waals surface area contributed by atoms with Crippen LogP contribution in [0.3, 0.4) is 0 Å². The van der Waals surface area contributed by atoms with Crippen molar-refractivity contribution in [2.24, 2.45) is 11.7 Å². The predicted molar refractivity (Wildman–Crippen MR) is 97.8 cm³/mol. The van der Waals surface area contributed by atoms with Crippen molar-refractivity contribution in [2.45, 2.75) is 62.4 Å². The fourth-order valence-corrected chi connectivity index (χ4v) is 5.20. The maximum Gasteiger partial charge on any atom is 0.237 e. The Kier molecular flexibility index (Phi) is 6.39. The smallest absolute Gasteiger partial charge is 0.237 e. The Balaban J connectivity index is 1.48. The lowest BCUT2D eigenvalue weighted by molar-refractivity contribution is -0.132. The van der Waals surface area contributed by atoms with Crippen molar-refractivity contribution in [2.75, 3.05) is 26.2 Å². The molecule has 24 heavy (non-hydrogen) atoms. The van der Waals surface area contributed by atoms with Crippen LogP contribution in [-0.4, -0.2) is 64.8 Å². The van der Waals surface area contributed by atoms with Crippen LogP contribution in [0, 0.1) is 5.92 Å². The van der Waals surface area contributed by atoms with E-state index in [9.17, 15) is 4.79 Å². The summed E-state index contributed by atoms with van der Waals surface area (Å²) in [6.07, 6.45) is 4.70. The largest absolute Gasteiger partial charge is 0.341 e. The highest BCUT2D eigenvalue weighted by atomic mass is 32.2. The van der Waals surface area contributed by atoms with Crippen LogP contribution in [0.2, 0.25) is 0 Å². The van der Waals surface area contributed by atoms with Crippen molar-refractivity contribution in [3.63, 3.8) is 0 Å². The normalized spacial score (nSPS) is 38.0. The van der Waals surface area contributed by atoms with Gasteiger partial charge in [-0.3, -0.25) is 10.1 Å². The van der Waals surface area contributed by atoms with Crippen molar-refractivity contribution in [1.29, 1.82) is 0 Å². The van der Waals surface area contributed by atoms with Gasteiger partial charge < -0.3 is 10.6 Å². The predicted octanol–water partition coefficient (Wildman–Crippen LogP) is 0.0543. The van der Waals surface area contributed by atoms with Crippen LogP contribution in [0.5, 0.6) is 0 Å². The van der Waals surface area contributed by atoms with E-state index in [-0.39, 0.29) is 22.7 Å². The summed E-state index contributed by atoms with van der Waals surface area (Å²) in [6, 6.07) is 0.691. The molecule has 3 aliphatic heterocycles. The van der Waals surface area contributed by atoms with Gasteiger partial charge in [-0.05, 0) is 32.1 Å². The van der Waals surface area contributed by atoms with E-state index in [0.717, 1.165) is 32.6 Å². The molecule has 3 saturated heterocycles. The highest BCUT2D eigenvalue weighted by Gasteiger charge is 2.38. The van der Waals surface area contributed by atoms with Crippen molar-refractivity contribution in [3.05, 3.63) is 0 Å². The van der Waals surface area contributed by atoms with E-state index in [1.807, 2.05) is 0 Å². The van der Waals surface area contributed by atoms with E-state index in [1.165, 1.54) is 19.3 Å². The van der Waals surface area contributed by atoms with Crippen LogP contribution in [-0.2, 0) is 4.79 Å². The van der Waals surface area contributed by atoms with Gasteiger partial charge in [0.1, 0.15) is 10.7 Å². The summed E-state index contributed by atoms with van der Waals surface area (Å²) < 4.78 is 0. The molecule has 0 aromatic heterocycles. The molecule has 1 amide bonds. The number of nitrogens with two attached hydrogens (primary N) is 1. The first-order chi connectivity index (χ1) is 11.6. The lowest BCUT2D eigenvalue weighted by Gasteiger charge is -2.36. The number of piperidine rings is 1. The number of amides is 1. The number of rotatable bonds is 5. The Morgan fingerprint density at radius 2 is 2.21 bits per heavy atom. The molecule has 0 radical (unpaired) electrons. The summed E-state index contributed by atoms with van der Waals surface area (Å²) in [5, 5.41) is 5.48. The molecule has 5 unspecified atom stereocenters. The van der Waals surface area contributed by atoms with Crippen LogP contribution in [0.1, 0.15) is 39.5 Å². The summed E-state index contributed by atoms with van der Waals surface area (Å²) in [4.78, 5) is 14.9. The molecule has 8 heteroatoms. The first kappa shape index (κ1) is 18.4. The molecule has 138 valence electrons. The second-order valence-corrected chi connectivity index (χ2v) is 8.66. The molecule has 3 fully saturated rings. The summed E-state index contributed by atoms with van der Waals surface area (Å²) >= 11 is 1.56. The maximum atomic E-state index is 12.8. The van der Waals surface area contributed by atoms with E-state index in [0.29, 0.717) is 12.0 Å². The second kappa shape index (κ2) is 8.33. The van der Waals surface area contributed by atoms with Crippen LogP contribution in [0.25, 0.3) is 0 Å². The monoisotopic (exact) mass is 356 g/mol. The molecule has 0 saturated carbocycles. The Bertz CT molecular complexity index is 439. The number of thioether (sulfide) groups is 1. The maximum absolute atomic E-state index is 12.8. The summed E-state index contributed by atoms with van der Waals surface area (Å²) in [5.41, 5.74) is 12.5. The average Bonchev–Trinajstić information content (AvgIpc) is 3.13. The number of nitrogens with zero attached hydrogens (tertiary/aromatic N) is 2. The van der Waals surface area contributed by atoms with Gasteiger partial charge >= 0.3 is 0 Å². The molecule has 3 aliphatic rings. The van der Waals surface area contributed by atoms with Gasteiger partial charge in [0.2, 0.25) is 5.91 Å². The molecule has 0 aliphatic carbocycles. The zero-order valence-electron chi connectivity index (χ0n) is 14.8. The number of hydrogen-bond acceptors (Lipinski definition) is 7. The quantitative estimate of drug-likeness (QED) is 0.554. The molecule has 7 nitrogen and oxygen atoms in total. The Morgan fingerprint density at radius 3 is 2.92 bits per heavy atom. The number of hydrogen-bond donors (Lipinski definition) is 4. The Labute approximate surface area is 149 Å². The number of carbonyl (C=O) groups excluding carboxylic acids is 1. The average molecular weight is 357 g/mol. The van der Waals surface area contributed by atoms with Crippen LogP contribution in [0.15, 0.2) is 0 Å². The lowest BCUT2D eigenvalue weighted by atomic mass is 9.97. The first-order valence-corrected chi connectivity index (χ1v) is 10.2.